The average molecular weight is 364 g/mol. The lowest BCUT2D eigenvalue weighted by atomic mass is 9.97. The molecular weight excluding hydrogens is 344 g/mol. The summed E-state index contributed by atoms with van der Waals surface area (Å²) in [5.74, 6) is 0.0138. The van der Waals surface area contributed by atoms with Gasteiger partial charge in [0.1, 0.15) is 11.4 Å². The maximum Gasteiger partial charge on any atom is 0.293 e. The topological polar surface area (TPSA) is 81.5 Å². The van der Waals surface area contributed by atoms with Crippen LogP contribution in [0.3, 0.4) is 0 Å². The van der Waals surface area contributed by atoms with Gasteiger partial charge in [-0.05, 0) is 53.9 Å². The SMILES string of the molecule is COc1ccc2cc([C@H](C)C(=O)Nc3ccc(C)cc3[N+](=O)[O-])ccc2c1. The largest absolute Gasteiger partial charge is 0.497 e. The van der Waals surface area contributed by atoms with Crippen molar-refractivity contribution in [1.29, 1.82) is 0 Å². The highest BCUT2D eigenvalue weighted by molar-refractivity contribution is 5.98. The zero-order valence-electron chi connectivity index (χ0n) is 15.4. The Balaban J connectivity index is 1.85. The third-order valence-corrected chi connectivity index (χ3v) is 4.57. The number of fused-ring (bicyclic) bond motifs is 1. The number of nitro benzene ring substituents is 1. The third-order valence-electron chi connectivity index (χ3n) is 4.57. The predicted octanol–water partition coefficient (Wildman–Crippen LogP) is 4.81. The summed E-state index contributed by atoms with van der Waals surface area (Å²) in [7, 11) is 1.62. The molecule has 0 aromatic heterocycles. The van der Waals surface area contributed by atoms with Gasteiger partial charge in [0.25, 0.3) is 5.69 Å². The van der Waals surface area contributed by atoms with Crippen LogP contribution < -0.4 is 10.1 Å². The summed E-state index contributed by atoms with van der Waals surface area (Å²) in [6.45, 7) is 3.55. The number of hydrogen-bond donors (Lipinski definition) is 1. The van der Waals surface area contributed by atoms with E-state index in [2.05, 4.69) is 5.32 Å². The number of rotatable bonds is 5. The van der Waals surface area contributed by atoms with Crippen molar-refractivity contribution in [2.75, 3.05) is 12.4 Å². The number of nitrogens with one attached hydrogen (secondary N) is 1. The predicted molar refractivity (Wildman–Crippen MR) is 105 cm³/mol. The summed E-state index contributed by atoms with van der Waals surface area (Å²) >= 11 is 0. The zero-order valence-corrected chi connectivity index (χ0v) is 15.4. The Hall–Kier alpha value is -3.41. The van der Waals surface area contributed by atoms with Gasteiger partial charge in [0.2, 0.25) is 5.91 Å². The molecule has 1 N–H and O–H groups in total. The summed E-state index contributed by atoms with van der Waals surface area (Å²) in [5, 5.41) is 15.9. The second-order valence-corrected chi connectivity index (χ2v) is 6.46. The van der Waals surface area contributed by atoms with Crippen molar-refractivity contribution < 1.29 is 14.5 Å². The molecule has 0 saturated heterocycles. The van der Waals surface area contributed by atoms with Crippen molar-refractivity contribution in [3.05, 3.63) is 75.8 Å². The number of amides is 1. The number of aryl methyl sites for hydroxylation is 1. The van der Waals surface area contributed by atoms with Crippen LogP contribution in [-0.2, 0) is 4.79 Å². The van der Waals surface area contributed by atoms with Gasteiger partial charge in [-0.25, -0.2) is 0 Å². The van der Waals surface area contributed by atoms with Crippen LogP contribution in [0, 0.1) is 17.0 Å². The number of methoxy groups -OCH3 is 1. The lowest BCUT2D eigenvalue weighted by Crippen LogP contribution is -2.19. The molecule has 138 valence electrons. The molecule has 0 bridgehead atoms. The maximum absolute atomic E-state index is 12.7. The summed E-state index contributed by atoms with van der Waals surface area (Å²) in [6.07, 6.45) is 0. The number of ether oxygens (including phenoxy) is 1. The second-order valence-electron chi connectivity index (χ2n) is 6.46. The first-order valence-corrected chi connectivity index (χ1v) is 8.52. The molecule has 3 aromatic carbocycles. The number of carbonyl (C=O) groups excluding carboxylic acids is 1. The molecule has 6 heteroatoms. The van der Waals surface area contributed by atoms with E-state index < -0.39 is 10.8 Å². The molecule has 0 saturated carbocycles. The van der Waals surface area contributed by atoms with E-state index in [-0.39, 0.29) is 17.3 Å². The molecule has 6 nitrogen and oxygen atoms in total. The number of nitro groups is 1. The smallest absolute Gasteiger partial charge is 0.293 e. The van der Waals surface area contributed by atoms with Crippen LogP contribution in [0.4, 0.5) is 11.4 Å². The first-order chi connectivity index (χ1) is 12.9. The molecule has 0 aliphatic carbocycles. The van der Waals surface area contributed by atoms with Gasteiger partial charge in [-0.2, -0.15) is 0 Å². The van der Waals surface area contributed by atoms with Crippen molar-refractivity contribution in [3.8, 4) is 5.75 Å². The molecule has 3 aromatic rings. The first kappa shape index (κ1) is 18.4. The maximum atomic E-state index is 12.7. The minimum Gasteiger partial charge on any atom is -0.497 e. The summed E-state index contributed by atoms with van der Waals surface area (Å²) in [5.41, 5.74) is 1.69. The van der Waals surface area contributed by atoms with Gasteiger partial charge in [0, 0.05) is 6.07 Å². The number of anilines is 1. The lowest BCUT2D eigenvalue weighted by Gasteiger charge is -2.14. The van der Waals surface area contributed by atoms with E-state index in [1.54, 1.807) is 33.1 Å². The highest BCUT2D eigenvalue weighted by atomic mass is 16.6. The number of carbonyl (C=O) groups is 1. The van der Waals surface area contributed by atoms with Crippen LogP contribution in [0.5, 0.6) is 5.75 Å². The van der Waals surface area contributed by atoms with E-state index in [0.717, 1.165) is 27.6 Å². The Morgan fingerprint density at radius 3 is 2.48 bits per heavy atom. The molecule has 1 amide bonds. The standard InChI is InChI=1S/C21H20N2O4/c1-13-4-9-19(20(10-13)23(25)26)22-21(24)14(2)15-5-6-17-12-18(27-3)8-7-16(17)11-15/h4-12,14H,1-3H3,(H,22,24)/t14-/m0/s1. The van der Waals surface area contributed by atoms with Crippen molar-refractivity contribution in [3.63, 3.8) is 0 Å². The van der Waals surface area contributed by atoms with Crippen molar-refractivity contribution in [2.45, 2.75) is 19.8 Å². The van der Waals surface area contributed by atoms with Gasteiger partial charge in [0.05, 0.1) is 18.0 Å². The zero-order chi connectivity index (χ0) is 19.6. The highest BCUT2D eigenvalue weighted by Crippen LogP contribution is 2.29. The number of hydrogen-bond acceptors (Lipinski definition) is 4. The molecule has 0 unspecified atom stereocenters. The molecule has 0 fully saturated rings. The van der Waals surface area contributed by atoms with Gasteiger partial charge < -0.3 is 10.1 Å². The molecule has 0 heterocycles. The first-order valence-electron chi connectivity index (χ1n) is 8.52. The van der Waals surface area contributed by atoms with Crippen LogP contribution >= 0.6 is 0 Å². The fourth-order valence-electron chi connectivity index (χ4n) is 2.93. The van der Waals surface area contributed by atoms with Crippen LogP contribution in [0.2, 0.25) is 0 Å². The quantitative estimate of drug-likeness (QED) is 0.520. The fourth-order valence-corrected chi connectivity index (χ4v) is 2.93. The number of benzene rings is 3. The van der Waals surface area contributed by atoms with E-state index in [9.17, 15) is 14.9 Å². The Labute approximate surface area is 156 Å². The monoisotopic (exact) mass is 364 g/mol. The molecular formula is C21H20N2O4. The van der Waals surface area contributed by atoms with E-state index in [4.69, 9.17) is 4.74 Å². The Morgan fingerprint density at radius 2 is 1.78 bits per heavy atom. The Kier molecular flexibility index (Phi) is 5.07. The van der Waals surface area contributed by atoms with Crippen molar-refractivity contribution in [1.82, 2.24) is 0 Å². The minimum absolute atomic E-state index is 0.110. The average Bonchev–Trinajstić information content (AvgIpc) is 2.67. The highest BCUT2D eigenvalue weighted by Gasteiger charge is 2.20. The molecule has 0 spiro atoms. The lowest BCUT2D eigenvalue weighted by molar-refractivity contribution is -0.384. The van der Waals surface area contributed by atoms with E-state index in [0.29, 0.717) is 0 Å². The van der Waals surface area contributed by atoms with Gasteiger partial charge in [-0.3, -0.25) is 14.9 Å². The molecule has 0 radical (unpaired) electrons. The Morgan fingerprint density at radius 1 is 1.07 bits per heavy atom. The van der Waals surface area contributed by atoms with E-state index >= 15 is 0 Å². The second kappa shape index (κ2) is 7.45. The van der Waals surface area contributed by atoms with Gasteiger partial charge in [-0.15, -0.1) is 0 Å². The summed E-state index contributed by atoms with van der Waals surface area (Å²) < 4.78 is 5.22. The molecule has 0 aliphatic heterocycles. The molecule has 27 heavy (non-hydrogen) atoms. The van der Waals surface area contributed by atoms with E-state index in [1.165, 1.54) is 6.07 Å². The summed E-state index contributed by atoms with van der Waals surface area (Å²) in [6, 6.07) is 16.2. The fraction of sp³-hybridized carbons (Fsp3) is 0.190. The molecule has 1 atom stereocenters. The van der Waals surface area contributed by atoms with Crippen molar-refractivity contribution in [2.24, 2.45) is 0 Å². The van der Waals surface area contributed by atoms with Crippen LogP contribution in [0.15, 0.2) is 54.6 Å². The van der Waals surface area contributed by atoms with Crippen LogP contribution in [-0.4, -0.2) is 17.9 Å². The minimum atomic E-state index is -0.489. The van der Waals surface area contributed by atoms with Crippen molar-refractivity contribution >= 4 is 28.1 Å². The van der Waals surface area contributed by atoms with E-state index in [1.807, 2.05) is 36.4 Å². The van der Waals surface area contributed by atoms with Crippen LogP contribution in [0.1, 0.15) is 24.0 Å². The normalized spacial score (nSPS) is 11.8. The molecule has 3 rings (SSSR count). The third kappa shape index (κ3) is 3.89. The summed E-state index contributed by atoms with van der Waals surface area (Å²) in [4.78, 5) is 23.4. The van der Waals surface area contributed by atoms with Gasteiger partial charge in [0.15, 0.2) is 0 Å². The van der Waals surface area contributed by atoms with Gasteiger partial charge in [-0.1, -0.05) is 30.3 Å². The van der Waals surface area contributed by atoms with Gasteiger partial charge >= 0.3 is 0 Å². The Bertz CT molecular complexity index is 1030. The van der Waals surface area contributed by atoms with Crippen LogP contribution in [0.25, 0.3) is 10.8 Å². The number of nitrogens with zero attached hydrogens (tertiary/aromatic N) is 1. The molecule has 0 aliphatic rings.